The normalized spacial score (nSPS) is 18.3. The summed E-state index contributed by atoms with van der Waals surface area (Å²) in [6, 6.07) is 8.69. The van der Waals surface area contributed by atoms with Crippen LogP contribution in [0.3, 0.4) is 0 Å². The maximum atomic E-state index is 12.5. The number of nitrogens with two attached hydrogens (primary N) is 1. The molecule has 120 valence electrons. The van der Waals surface area contributed by atoms with E-state index >= 15 is 0 Å². The van der Waals surface area contributed by atoms with Crippen molar-refractivity contribution in [3.63, 3.8) is 0 Å². The number of carbonyl (C=O) groups is 2. The molecule has 1 aliphatic rings. The summed E-state index contributed by atoms with van der Waals surface area (Å²) in [6.07, 6.45) is 3.71. The van der Waals surface area contributed by atoms with E-state index in [0.29, 0.717) is 12.8 Å². The molecule has 0 bridgehead atoms. The molecule has 5 nitrogen and oxygen atoms in total. The van der Waals surface area contributed by atoms with Gasteiger partial charge in [-0.15, -0.1) is 0 Å². The first-order chi connectivity index (χ1) is 10.5. The Bertz CT molecular complexity index is 507. The van der Waals surface area contributed by atoms with E-state index in [1.807, 2.05) is 30.3 Å². The first kappa shape index (κ1) is 16.5. The third kappa shape index (κ3) is 4.07. The summed E-state index contributed by atoms with van der Waals surface area (Å²) in [7, 11) is 0. The van der Waals surface area contributed by atoms with Gasteiger partial charge in [-0.1, -0.05) is 36.8 Å². The minimum atomic E-state index is -1.17. The van der Waals surface area contributed by atoms with Gasteiger partial charge in [0.2, 0.25) is 5.60 Å². The fourth-order valence-electron chi connectivity index (χ4n) is 2.61. The molecule has 5 heteroatoms. The molecule has 1 atom stereocenters. The topological polar surface area (TPSA) is 78.6 Å². The van der Waals surface area contributed by atoms with E-state index in [4.69, 9.17) is 15.2 Å². The van der Waals surface area contributed by atoms with Crippen LogP contribution in [-0.2, 0) is 25.7 Å². The van der Waals surface area contributed by atoms with Gasteiger partial charge >= 0.3 is 11.9 Å². The zero-order valence-electron chi connectivity index (χ0n) is 12.9. The largest absolute Gasteiger partial charge is 0.458 e. The van der Waals surface area contributed by atoms with Crippen LogP contribution >= 0.6 is 0 Å². The number of benzene rings is 1. The highest BCUT2D eigenvalue weighted by Gasteiger charge is 2.45. The molecule has 2 N–H and O–H groups in total. The van der Waals surface area contributed by atoms with Crippen molar-refractivity contribution >= 4 is 11.9 Å². The van der Waals surface area contributed by atoms with Crippen molar-refractivity contribution in [3.05, 3.63) is 35.9 Å². The number of rotatable bonds is 5. The van der Waals surface area contributed by atoms with E-state index in [1.165, 1.54) is 0 Å². The first-order valence-corrected chi connectivity index (χ1v) is 7.73. The molecule has 0 aromatic heterocycles. The lowest BCUT2D eigenvalue weighted by Gasteiger charge is -2.34. The number of ether oxygens (including phenoxy) is 2. The summed E-state index contributed by atoms with van der Waals surface area (Å²) in [5.74, 6) is -1.02. The van der Waals surface area contributed by atoms with E-state index in [2.05, 4.69) is 0 Å². The highest BCUT2D eigenvalue weighted by Crippen LogP contribution is 2.33. The minimum absolute atomic E-state index is 0.178. The van der Waals surface area contributed by atoms with Gasteiger partial charge in [-0.3, -0.25) is 4.79 Å². The monoisotopic (exact) mass is 305 g/mol. The average molecular weight is 305 g/mol. The predicted octanol–water partition coefficient (Wildman–Crippen LogP) is 2.32. The second kappa shape index (κ2) is 7.40. The van der Waals surface area contributed by atoms with Crippen molar-refractivity contribution < 1.29 is 19.1 Å². The molecular formula is C17H23NO4. The maximum absolute atomic E-state index is 12.5. The van der Waals surface area contributed by atoms with Crippen LogP contribution in [0.15, 0.2) is 30.3 Å². The molecule has 0 saturated heterocycles. The van der Waals surface area contributed by atoms with Crippen molar-refractivity contribution in [1.29, 1.82) is 0 Å². The van der Waals surface area contributed by atoms with Crippen molar-refractivity contribution in [3.8, 4) is 0 Å². The van der Waals surface area contributed by atoms with Gasteiger partial charge in [0.1, 0.15) is 12.6 Å². The molecule has 2 rings (SSSR count). The van der Waals surface area contributed by atoms with Crippen molar-refractivity contribution in [2.24, 2.45) is 5.73 Å². The molecule has 1 saturated carbocycles. The molecule has 1 aromatic rings. The lowest BCUT2D eigenvalue weighted by atomic mass is 9.84. The van der Waals surface area contributed by atoms with Gasteiger partial charge in [0.25, 0.3) is 0 Å². The van der Waals surface area contributed by atoms with Crippen LogP contribution in [0, 0.1) is 0 Å². The molecule has 0 heterocycles. The highest BCUT2D eigenvalue weighted by molar-refractivity contribution is 5.85. The Labute approximate surface area is 130 Å². The van der Waals surface area contributed by atoms with Crippen LogP contribution < -0.4 is 5.73 Å². The standard InChI is InChI=1S/C17H23NO4/c1-13(18)15(19)22-17(10-6-3-7-11-17)16(20)21-12-14-8-4-2-5-9-14/h2,4-5,8-9,13H,3,6-7,10-12,18H2,1H3/t13-/m0/s1. The first-order valence-electron chi connectivity index (χ1n) is 7.73. The summed E-state index contributed by atoms with van der Waals surface area (Å²) in [6.45, 7) is 1.73. The fraction of sp³-hybridized carbons (Fsp3) is 0.529. The quantitative estimate of drug-likeness (QED) is 0.845. The molecule has 0 unspecified atom stereocenters. The molecule has 0 amide bonds. The predicted molar refractivity (Wildman–Crippen MR) is 81.8 cm³/mol. The molecule has 0 radical (unpaired) electrons. The Hall–Kier alpha value is -1.88. The third-order valence-corrected chi connectivity index (χ3v) is 3.91. The van der Waals surface area contributed by atoms with Crippen LogP contribution in [-0.4, -0.2) is 23.6 Å². The van der Waals surface area contributed by atoms with Gasteiger partial charge in [0, 0.05) is 0 Å². The second-order valence-corrected chi connectivity index (χ2v) is 5.83. The summed E-state index contributed by atoms with van der Waals surface area (Å²) in [5, 5.41) is 0. The van der Waals surface area contributed by atoms with Crippen LogP contribution in [0.4, 0.5) is 0 Å². The number of carbonyl (C=O) groups excluding carboxylic acids is 2. The summed E-state index contributed by atoms with van der Waals surface area (Å²) < 4.78 is 10.8. The molecule has 1 fully saturated rings. The van der Waals surface area contributed by atoms with Gasteiger partial charge in [-0.25, -0.2) is 4.79 Å². The Morgan fingerprint density at radius 3 is 2.41 bits per heavy atom. The third-order valence-electron chi connectivity index (χ3n) is 3.91. The van der Waals surface area contributed by atoms with Gasteiger partial charge in [0.05, 0.1) is 0 Å². The number of hydrogen-bond acceptors (Lipinski definition) is 5. The molecule has 0 aliphatic heterocycles. The average Bonchev–Trinajstić information content (AvgIpc) is 2.54. The SMILES string of the molecule is C[C@H](N)C(=O)OC1(C(=O)OCc2ccccc2)CCCCC1. The lowest BCUT2D eigenvalue weighted by Crippen LogP contribution is -2.48. The van der Waals surface area contributed by atoms with Crippen molar-refractivity contribution in [2.75, 3.05) is 0 Å². The minimum Gasteiger partial charge on any atom is -0.458 e. The van der Waals surface area contributed by atoms with E-state index in [1.54, 1.807) is 6.92 Å². The van der Waals surface area contributed by atoms with Crippen LogP contribution in [0.5, 0.6) is 0 Å². The summed E-state index contributed by atoms with van der Waals surface area (Å²) in [4.78, 5) is 24.4. The highest BCUT2D eigenvalue weighted by atomic mass is 16.6. The van der Waals surface area contributed by atoms with Gasteiger partial charge in [-0.2, -0.15) is 0 Å². The Morgan fingerprint density at radius 2 is 1.82 bits per heavy atom. The second-order valence-electron chi connectivity index (χ2n) is 5.83. The lowest BCUT2D eigenvalue weighted by molar-refractivity contribution is -0.188. The van der Waals surface area contributed by atoms with Crippen LogP contribution in [0.1, 0.15) is 44.6 Å². The van der Waals surface area contributed by atoms with Gasteiger partial charge in [0.15, 0.2) is 0 Å². The number of esters is 2. The smallest absolute Gasteiger partial charge is 0.350 e. The zero-order chi connectivity index (χ0) is 16.0. The van der Waals surface area contributed by atoms with Crippen molar-refractivity contribution in [1.82, 2.24) is 0 Å². The van der Waals surface area contributed by atoms with Gasteiger partial charge < -0.3 is 15.2 Å². The Morgan fingerprint density at radius 1 is 1.18 bits per heavy atom. The molecule has 1 aromatic carbocycles. The van der Waals surface area contributed by atoms with E-state index in [9.17, 15) is 9.59 Å². The molecule has 1 aliphatic carbocycles. The Kier molecular flexibility index (Phi) is 5.55. The fourth-order valence-corrected chi connectivity index (χ4v) is 2.61. The molecular weight excluding hydrogens is 282 g/mol. The summed E-state index contributed by atoms with van der Waals surface area (Å²) in [5.41, 5.74) is 5.28. The molecule has 22 heavy (non-hydrogen) atoms. The van der Waals surface area contributed by atoms with Gasteiger partial charge in [-0.05, 0) is 38.2 Å². The molecule has 0 spiro atoms. The maximum Gasteiger partial charge on any atom is 0.350 e. The van der Waals surface area contributed by atoms with E-state index < -0.39 is 23.6 Å². The van der Waals surface area contributed by atoms with Crippen LogP contribution in [0.2, 0.25) is 0 Å². The van der Waals surface area contributed by atoms with Crippen LogP contribution in [0.25, 0.3) is 0 Å². The zero-order valence-corrected chi connectivity index (χ0v) is 12.9. The number of hydrogen-bond donors (Lipinski definition) is 1. The van der Waals surface area contributed by atoms with E-state index in [-0.39, 0.29) is 6.61 Å². The van der Waals surface area contributed by atoms with Crippen molar-refractivity contribution in [2.45, 2.75) is 57.3 Å². The van der Waals surface area contributed by atoms with E-state index in [0.717, 1.165) is 24.8 Å². The summed E-state index contributed by atoms with van der Waals surface area (Å²) >= 11 is 0. The Balaban J connectivity index is 2.04.